The Morgan fingerprint density at radius 2 is 1.95 bits per heavy atom. The number of ketones is 1. The Hall–Kier alpha value is -2.11. The van der Waals surface area contributed by atoms with E-state index in [0.717, 1.165) is 0 Å². The first kappa shape index (κ1) is 15.9. The molecule has 6 heteroatoms. The fourth-order valence-corrected chi connectivity index (χ4v) is 2.01. The molecule has 0 saturated heterocycles. The number of Topliss-reactive ketones (excluding diaryl/α,β-unsaturated/α-hetero) is 1. The third kappa shape index (κ3) is 3.46. The van der Waals surface area contributed by atoms with Crippen LogP contribution in [0, 0.1) is 5.92 Å². The van der Waals surface area contributed by atoms with Crippen molar-refractivity contribution in [1.82, 2.24) is 4.57 Å². The van der Waals surface area contributed by atoms with Crippen LogP contribution in [-0.2, 0) is 9.53 Å². The SMILES string of the molecule is COC(=O)C(CC(C)C)n1cc(C(C)=O)cc1C(=O)O. The molecule has 1 aromatic rings. The van der Waals surface area contributed by atoms with E-state index in [1.807, 2.05) is 13.8 Å². The standard InChI is InChI=1S/C14H19NO5/c1-8(2)5-12(14(19)20-4)15-7-10(9(3)16)6-11(15)13(17)18/h6-8,12H,5H2,1-4H3,(H,17,18). The van der Waals surface area contributed by atoms with Crippen molar-refractivity contribution in [1.29, 1.82) is 0 Å². The van der Waals surface area contributed by atoms with Gasteiger partial charge in [-0.2, -0.15) is 0 Å². The summed E-state index contributed by atoms with van der Waals surface area (Å²) in [5, 5.41) is 9.21. The van der Waals surface area contributed by atoms with Crippen molar-refractivity contribution >= 4 is 17.7 Å². The van der Waals surface area contributed by atoms with Gasteiger partial charge in [0.2, 0.25) is 0 Å². The second kappa shape index (κ2) is 6.36. The summed E-state index contributed by atoms with van der Waals surface area (Å²) in [5.74, 6) is -1.79. The van der Waals surface area contributed by atoms with Crippen molar-refractivity contribution in [2.75, 3.05) is 7.11 Å². The van der Waals surface area contributed by atoms with Crippen molar-refractivity contribution in [3.05, 3.63) is 23.5 Å². The van der Waals surface area contributed by atoms with Crippen LogP contribution in [0.3, 0.4) is 0 Å². The highest BCUT2D eigenvalue weighted by Gasteiger charge is 2.27. The average Bonchev–Trinajstić information content (AvgIpc) is 2.79. The molecule has 1 atom stereocenters. The number of carboxylic acid groups (broad SMARTS) is 1. The number of methoxy groups -OCH3 is 1. The Morgan fingerprint density at radius 3 is 2.35 bits per heavy atom. The van der Waals surface area contributed by atoms with Crippen LogP contribution in [0.5, 0.6) is 0 Å². The number of carbonyl (C=O) groups is 3. The second-order valence-corrected chi connectivity index (χ2v) is 5.05. The van der Waals surface area contributed by atoms with Gasteiger partial charge in [-0.3, -0.25) is 4.79 Å². The lowest BCUT2D eigenvalue weighted by Crippen LogP contribution is -2.24. The van der Waals surface area contributed by atoms with Crippen LogP contribution < -0.4 is 0 Å². The normalized spacial score (nSPS) is 12.2. The van der Waals surface area contributed by atoms with Gasteiger partial charge in [0.25, 0.3) is 0 Å². The van der Waals surface area contributed by atoms with Crippen LogP contribution in [0.4, 0.5) is 0 Å². The summed E-state index contributed by atoms with van der Waals surface area (Å²) in [6, 6.07) is 0.528. The molecule has 110 valence electrons. The Balaban J connectivity index is 3.33. The topological polar surface area (TPSA) is 85.6 Å². The Morgan fingerprint density at radius 1 is 1.35 bits per heavy atom. The van der Waals surface area contributed by atoms with Gasteiger partial charge in [0.1, 0.15) is 11.7 Å². The third-order valence-corrected chi connectivity index (χ3v) is 2.98. The number of hydrogen-bond donors (Lipinski definition) is 1. The first-order chi connectivity index (χ1) is 9.27. The molecule has 0 bridgehead atoms. The number of carboxylic acids is 1. The van der Waals surface area contributed by atoms with Crippen LogP contribution in [0.15, 0.2) is 12.3 Å². The summed E-state index contributed by atoms with van der Waals surface area (Å²) in [4.78, 5) is 34.6. The van der Waals surface area contributed by atoms with Gasteiger partial charge >= 0.3 is 11.9 Å². The molecule has 1 rings (SSSR count). The molecule has 0 aliphatic rings. The summed E-state index contributed by atoms with van der Waals surface area (Å²) >= 11 is 0. The van der Waals surface area contributed by atoms with Crippen molar-refractivity contribution < 1.29 is 24.2 Å². The Bertz CT molecular complexity index is 530. The zero-order valence-electron chi connectivity index (χ0n) is 12.0. The molecular weight excluding hydrogens is 262 g/mol. The fourth-order valence-electron chi connectivity index (χ4n) is 2.01. The smallest absolute Gasteiger partial charge is 0.352 e. The first-order valence-corrected chi connectivity index (χ1v) is 6.31. The molecule has 0 radical (unpaired) electrons. The van der Waals surface area contributed by atoms with E-state index in [0.29, 0.717) is 6.42 Å². The molecular formula is C14H19NO5. The van der Waals surface area contributed by atoms with Crippen LogP contribution in [0.2, 0.25) is 0 Å². The molecule has 0 spiro atoms. The number of nitrogens with zero attached hydrogens (tertiary/aromatic N) is 1. The van der Waals surface area contributed by atoms with Crippen LogP contribution in [0.1, 0.15) is 54.1 Å². The maximum absolute atomic E-state index is 11.9. The highest BCUT2D eigenvalue weighted by atomic mass is 16.5. The van der Waals surface area contributed by atoms with Crippen molar-refractivity contribution in [2.45, 2.75) is 33.2 Å². The molecule has 1 heterocycles. The van der Waals surface area contributed by atoms with E-state index >= 15 is 0 Å². The monoisotopic (exact) mass is 281 g/mol. The largest absolute Gasteiger partial charge is 0.477 e. The zero-order chi connectivity index (χ0) is 15.4. The highest BCUT2D eigenvalue weighted by Crippen LogP contribution is 2.23. The first-order valence-electron chi connectivity index (χ1n) is 6.31. The van der Waals surface area contributed by atoms with Crippen LogP contribution in [-0.4, -0.2) is 34.5 Å². The number of ether oxygens (including phenoxy) is 1. The molecule has 20 heavy (non-hydrogen) atoms. The molecule has 6 nitrogen and oxygen atoms in total. The van der Waals surface area contributed by atoms with E-state index in [2.05, 4.69) is 0 Å². The molecule has 1 N–H and O–H groups in total. The maximum Gasteiger partial charge on any atom is 0.352 e. The molecule has 1 aromatic heterocycles. The number of rotatable bonds is 6. The predicted octanol–water partition coefficient (Wildman–Crippen LogP) is 2.15. The molecule has 0 amide bonds. The van der Waals surface area contributed by atoms with Gasteiger partial charge in [-0.1, -0.05) is 13.8 Å². The minimum Gasteiger partial charge on any atom is -0.477 e. The fraction of sp³-hybridized carbons (Fsp3) is 0.500. The van der Waals surface area contributed by atoms with E-state index in [4.69, 9.17) is 4.74 Å². The zero-order valence-corrected chi connectivity index (χ0v) is 12.0. The average molecular weight is 281 g/mol. The van der Waals surface area contributed by atoms with Gasteiger partial charge in [0.05, 0.1) is 7.11 Å². The third-order valence-electron chi connectivity index (χ3n) is 2.98. The van der Waals surface area contributed by atoms with E-state index in [9.17, 15) is 19.5 Å². The number of aromatic carboxylic acids is 1. The van der Waals surface area contributed by atoms with E-state index in [-0.39, 0.29) is 23.0 Å². The summed E-state index contributed by atoms with van der Waals surface area (Å²) in [6.45, 7) is 5.19. The minimum atomic E-state index is -1.19. The van der Waals surface area contributed by atoms with Crippen LogP contribution in [0.25, 0.3) is 0 Å². The lowest BCUT2D eigenvalue weighted by molar-refractivity contribution is -0.145. The second-order valence-electron chi connectivity index (χ2n) is 5.05. The highest BCUT2D eigenvalue weighted by molar-refractivity contribution is 5.97. The Labute approximate surface area is 117 Å². The van der Waals surface area contributed by atoms with Crippen molar-refractivity contribution in [3.8, 4) is 0 Å². The van der Waals surface area contributed by atoms with Gasteiger partial charge in [0.15, 0.2) is 5.78 Å². The van der Waals surface area contributed by atoms with E-state index < -0.39 is 18.0 Å². The number of esters is 1. The van der Waals surface area contributed by atoms with Crippen molar-refractivity contribution in [2.24, 2.45) is 5.92 Å². The maximum atomic E-state index is 11.9. The molecule has 0 aliphatic carbocycles. The van der Waals surface area contributed by atoms with Gasteiger partial charge in [-0.25, -0.2) is 9.59 Å². The number of aromatic nitrogens is 1. The van der Waals surface area contributed by atoms with Gasteiger partial charge < -0.3 is 14.4 Å². The summed E-state index contributed by atoms with van der Waals surface area (Å²) in [7, 11) is 1.26. The molecule has 0 saturated carbocycles. The quantitative estimate of drug-likeness (QED) is 0.638. The lowest BCUT2D eigenvalue weighted by Gasteiger charge is -2.20. The summed E-state index contributed by atoms with van der Waals surface area (Å²) in [6.07, 6.45) is 1.83. The molecule has 0 aromatic carbocycles. The summed E-state index contributed by atoms with van der Waals surface area (Å²) < 4.78 is 6.04. The molecule has 0 fully saturated rings. The van der Waals surface area contributed by atoms with Gasteiger partial charge in [-0.05, 0) is 25.3 Å². The molecule has 0 aliphatic heterocycles. The number of carbonyl (C=O) groups excluding carboxylic acids is 2. The Kier molecular flexibility index (Phi) is 5.07. The molecule has 1 unspecified atom stereocenters. The minimum absolute atomic E-state index is 0.0914. The van der Waals surface area contributed by atoms with E-state index in [1.165, 1.54) is 30.9 Å². The number of hydrogen-bond acceptors (Lipinski definition) is 4. The van der Waals surface area contributed by atoms with E-state index in [1.54, 1.807) is 0 Å². The van der Waals surface area contributed by atoms with Crippen LogP contribution >= 0.6 is 0 Å². The van der Waals surface area contributed by atoms with Gasteiger partial charge in [0, 0.05) is 11.8 Å². The van der Waals surface area contributed by atoms with Crippen molar-refractivity contribution in [3.63, 3.8) is 0 Å². The predicted molar refractivity (Wildman–Crippen MR) is 71.9 cm³/mol. The summed E-state index contributed by atoms with van der Waals surface area (Å²) in [5.41, 5.74) is 0.173. The lowest BCUT2D eigenvalue weighted by atomic mass is 10.0. The van der Waals surface area contributed by atoms with Gasteiger partial charge in [-0.15, -0.1) is 0 Å².